The van der Waals surface area contributed by atoms with Crippen molar-refractivity contribution in [2.45, 2.75) is 13.0 Å². The van der Waals surface area contributed by atoms with Gasteiger partial charge < -0.3 is 10.6 Å². The first kappa shape index (κ1) is 11.7. The van der Waals surface area contributed by atoms with Crippen molar-refractivity contribution in [1.29, 1.82) is 0 Å². The molecule has 0 fully saturated rings. The van der Waals surface area contributed by atoms with E-state index in [-0.39, 0.29) is 11.9 Å². The average molecular weight is 277 g/mol. The van der Waals surface area contributed by atoms with Crippen LogP contribution in [0.2, 0.25) is 0 Å². The molecule has 1 heterocycles. The van der Waals surface area contributed by atoms with Gasteiger partial charge in [0.1, 0.15) is 0 Å². The van der Waals surface area contributed by atoms with E-state index in [1.165, 1.54) is 4.88 Å². The van der Waals surface area contributed by atoms with Gasteiger partial charge in [0.25, 0.3) is 0 Å². The molecule has 0 aromatic carbocycles. The summed E-state index contributed by atoms with van der Waals surface area (Å²) < 4.78 is 1.09. The Morgan fingerprint density at radius 3 is 2.93 bits per heavy atom. The number of likely N-dealkylation sites (N-methyl/N-ethyl adjacent to an activating group) is 1. The molecule has 2 N–H and O–H groups in total. The van der Waals surface area contributed by atoms with Crippen molar-refractivity contribution in [1.82, 2.24) is 10.6 Å². The van der Waals surface area contributed by atoms with Gasteiger partial charge in [-0.25, -0.2) is 0 Å². The molecular weight excluding hydrogens is 264 g/mol. The van der Waals surface area contributed by atoms with E-state index >= 15 is 0 Å². The van der Waals surface area contributed by atoms with Gasteiger partial charge in [-0.3, -0.25) is 4.79 Å². The molecule has 0 spiro atoms. The highest BCUT2D eigenvalue weighted by molar-refractivity contribution is 9.10. The summed E-state index contributed by atoms with van der Waals surface area (Å²) in [5.74, 6) is 0.00692. The van der Waals surface area contributed by atoms with Gasteiger partial charge >= 0.3 is 0 Å². The molecule has 0 radical (unpaired) electrons. The van der Waals surface area contributed by atoms with Crippen molar-refractivity contribution < 1.29 is 4.79 Å². The molecule has 1 rings (SSSR count). The first-order valence-corrected chi connectivity index (χ1v) is 5.98. The maximum absolute atomic E-state index is 11.0. The zero-order valence-corrected chi connectivity index (χ0v) is 10.5. The molecule has 0 saturated heterocycles. The van der Waals surface area contributed by atoms with Crippen molar-refractivity contribution in [3.63, 3.8) is 0 Å². The fraction of sp³-hybridized carbons (Fsp3) is 0.444. The van der Waals surface area contributed by atoms with Crippen LogP contribution < -0.4 is 10.6 Å². The summed E-state index contributed by atoms with van der Waals surface area (Å²) in [6.07, 6.45) is 0. The minimum Gasteiger partial charge on any atom is -0.358 e. The fourth-order valence-corrected chi connectivity index (χ4v) is 2.47. The Balaban J connectivity index is 2.42. The van der Waals surface area contributed by atoms with E-state index in [1.54, 1.807) is 18.4 Å². The van der Waals surface area contributed by atoms with Crippen LogP contribution in [0.1, 0.15) is 17.8 Å². The number of hydrogen-bond acceptors (Lipinski definition) is 3. The van der Waals surface area contributed by atoms with Gasteiger partial charge in [0.2, 0.25) is 5.91 Å². The van der Waals surface area contributed by atoms with Gasteiger partial charge in [-0.2, -0.15) is 0 Å². The minimum atomic E-state index is 0.00692. The van der Waals surface area contributed by atoms with Crippen molar-refractivity contribution in [2.24, 2.45) is 0 Å². The van der Waals surface area contributed by atoms with Gasteiger partial charge in [0, 0.05) is 27.8 Å². The van der Waals surface area contributed by atoms with Crippen LogP contribution >= 0.6 is 27.3 Å². The quantitative estimate of drug-likeness (QED) is 0.882. The van der Waals surface area contributed by atoms with Crippen molar-refractivity contribution in [2.75, 3.05) is 13.6 Å². The Morgan fingerprint density at radius 2 is 2.43 bits per heavy atom. The molecule has 1 aromatic rings. The summed E-state index contributed by atoms with van der Waals surface area (Å²) in [7, 11) is 1.64. The van der Waals surface area contributed by atoms with Crippen molar-refractivity contribution in [3.05, 3.63) is 20.8 Å². The number of amides is 1. The molecule has 1 unspecified atom stereocenters. The second-order valence-corrected chi connectivity index (χ2v) is 4.80. The second-order valence-electron chi connectivity index (χ2n) is 2.94. The molecule has 0 aliphatic rings. The SMILES string of the molecule is CNC(=O)CNC(C)c1cc(Br)cs1. The number of nitrogens with one attached hydrogen (secondary N) is 2. The molecule has 3 nitrogen and oxygen atoms in total. The Kier molecular flexibility index (Phi) is 4.57. The summed E-state index contributed by atoms with van der Waals surface area (Å²) in [4.78, 5) is 12.2. The largest absolute Gasteiger partial charge is 0.358 e. The molecule has 1 aromatic heterocycles. The summed E-state index contributed by atoms with van der Waals surface area (Å²) in [5.41, 5.74) is 0. The van der Waals surface area contributed by atoms with E-state index in [0.29, 0.717) is 6.54 Å². The highest BCUT2D eigenvalue weighted by atomic mass is 79.9. The third-order valence-electron chi connectivity index (χ3n) is 1.86. The molecule has 0 aliphatic heterocycles. The van der Waals surface area contributed by atoms with Crippen molar-refractivity contribution >= 4 is 33.2 Å². The molecule has 1 atom stereocenters. The molecule has 0 bridgehead atoms. The van der Waals surface area contributed by atoms with Crippen LogP contribution in [0.4, 0.5) is 0 Å². The zero-order chi connectivity index (χ0) is 10.6. The number of carbonyl (C=O) groups is 1. The number of rotatable bonds is 4. The van der Waals surface area contributed by atoms with Crippen LogP contribution in [0.25, 0.3) is 0 Å². The van der Waals surface area contributed by atoms with Crippen LogP contribution in [-0.2, 0) is 4.79 Å². The Morgan fingerprint density at radius 1 is 1.71 bits per heavy atom. The lowest BCUT2D eigenvalue weighted by Gasteiger charge is -2.10. The molecule has 14 heavy (non-hydrogen) atoms. The molecule has 0 saturated carbocycles. The minimum absolute atomic E-state index is 0.00692. The first-order chi connectivity index (χ1) is 6.63. The fourth-order valence-electron chi connectivity index (χ4n) is 0.990. The maximum Gasteiger partial charge on any atom is 0.233 e. The summed E-state index contributed by atoms with van der Waals surface area (Å²) >= 11 is 5.07. The summed E-state index contributed by atoms with van der Waals surface area (Å²) in [6, 6.07) is 2.27. The van der Waals surface area contributed by atoms with E-state index in [9.17, 15) is 4.79 Å². The lowest BCUT2D eigenvalue weighted by molar-refractivity contribution is -0.119. The van der Waals surface area contributed by atoms with Gasteiger partial charge in [-0.1, -0.05) is 0 Å². The Hall–Kier alpha value is -0.390. The number of hydrogen-bond donors (Lipinski definition) is 2. The van der Waals surface area contributed by atoms with E-state index in [0.717, 1.165) is 4.47 Å². The van der Waals surface area contributed by atoms with Gasteiger partial charge in [0.15, 0.2) is 0 Å². The van der Waals surface area contributed by atoms with Gasteiger partial charge in [-0.05, 0) is 28.9 Å². The van der Waals surface area contributed by atoms with Crippen LogP contribution in [0.5, 0.6) is 0 Å². The lowest BCUT2D eigenvalue weighted by atomic mass is 10.3. The predicted molar refractivity (Wildman–Crippen MR) is 62.5 cm³/mol. The van der Waals surface area contributed by atoms with Crippen LogP contribution in [0, 0.1) is 0 Å². The number of thiophene rings is 1. The Bertz CT molecular complexity index is 314. The normalized spacial score (nSPS) is 12.5. The van der Waals surface area contributed by atoms with Crippen LogP contribution in [0.3, 0.4) is 0 Å². The maximum atomic E-state index is 11.0. The zero-order valence-electron chi connectivity index (χ0n) is 8.13. The third-order valence-corrected chi connectivity index (χ3v) is 3.74. The molecular formula is C9H13BrN2OS. The standard InChI is InChI=1S/C9H13BrN2OS/c1-6(12-4-9(13)11-2)8-3-7(10)5-14-8/h3,5-6,12H,4H2,1-2H3,(H,11,13). The number of carbonyl (C=O) groups excluding carboxylic acids is 1. The second kappa shape index (κ2) is 5.48. The number of halogens is 1. The smallest absolute Gasteiger partial charge is 0.233 e. The van der Waals surface area contributed by atoms with Gasteiger partial charge in [0.05, 0.1) is 6.54 Å². The van der Waals surface area contributed by atoms with Crippen molar-refractivity contribution in [3.8, 4) is 0 Å². The third kappa shape index (κ3) is 3.40. The van der Waals surface area contributed by atoms with Crippen LogP contribution in [-0.4, -0.2) is 19.5 Å². The average Bonchev–Trinajstić information content (AvgIpc) is 2.60. The topological polar surface area (TPSA) is 41.1 Å². The van der Waals surface area contributed by atoms with Crippen LogP contribution in [0.15, 0.2) is 15.9 Å². The van der Waals surface area contributed by atoms with E-state index in [1.807, 2.05) is 12.3 Å². The van der Waals surface area contributed by atoms with E-state index in [2.05, 4.69) is 32.6 Å². The van der Waals surface area contributed by atoms with Gasteiger partial charge in [-0.15, -0.1) is 11.3 Å². The lowest BCUT2D eigenvalue weighted by Crippen LogP contribution is -2.32. The monoisotopic (exact) mass is 276 g/mol. The molecule has 78 valence electrons. The van der Waals surface area contributed by atoms with E-state index in [4.69, 9.17) is 0 Å². The van der Waals surface area contributed by atoms with E-state index < -0.39 is 0 Å². The Labute approximate surface area is 96.0 Å². The molecule has 1 amide bonds. The molecule has 5 heteroatoms. The predicted octanol–water partition coefficient (Wildman–Crippen LogP) is 1.91. The highest BCUT2D eigenvalue weighted by Gasteiger charge is 2.08. The summed E-state index contributed by atoms with van der Waals surface area (Å²) in [5, 5.41) is 7.75. The summed E-state index contributed by atoms with van der Waals surface area (Å²) in [6.45, 7) is 2.40. The first-order valence-electron chi connectivity index (χ1n) is 4.31. The highest BCUT2D eigenvalue weighted by Crippen LogP contribution is 2.24. The molecule has 0 aliphatic carbocycles.